The van der Waals surface area contributed by atoms with Gasteiger partial charge in [-0.2, -0.15) is 26.3 Å². The normalized spacial score (nSPS) is 12.7. The molecule has 0 unspecified atom stereocenters. The molecule has 0 saturated heterocycles. The van der Waals surface area contributed by atoms with Crippen molar-refractivity contribution in [2.45, 2.75) is 38.3 Å². The van der Waals surface area contributed by atoms with Crippen LogP contribution in [0.3, 0.4) is 0 Å². The molecule has 2 aromatic rings. The molecule has 12 heteroatoms. The van der Waals surface area contributed by atoms with E-state index in [1.54, 1.807) is 18.2 Å². The molecule has 0 bridgehead atoms. The van der Waals surface area contributed by atoms with Gasteiger partial charge in [-0.15, -0.1) is 0 Å². The monoisotopic (exact) mass is 424 g/mol. The lowest BCUT2D eigenvalue weighted by molar-refractivity contribution is -0.295. The van der Waals surface area contributed by atoms with Crippen LogP contribution in [0.4, 0.5) is 32.0 Å². The topological polar surface area (TPSA) is 68.1 Å². The number of halogens is 6. The van der Waals surface area contributed by atoms with Crippen LogP contribution in [-0.4, -0.2) is 33.3 Å². The van der Waals surface area contributed by atoms with E-state index in [-0.39, 0.29) is 11.4 Å². The number of carbonyl (C=O) groups is 1. The molecular weight excluding hydrogens is 406 g/mol. The number of para-hydroxylation sites is 1. The van der Waals surface area contributed by atoms with Crippen LogP contribution in [0.2, 0.25) is 0 Å². The van der Waals surface area contributed by atoms with E-state index in [0.717, 1.165) is 21.6 Å². The highest BCUT2D eigenvalue weighted by molar-refractivity contribution is 5.77. The minimum atomic E-state index is -6.00. The zero-order valence-corrected chi connectivity index (χ0v) is 15.6. The first-order chi connectivity index (χ1) is 13.3. The second-order valence-corrected chi connectivity index (χ2v) is 6.21. The predicted molar refractivity (Wildman–Crippen MR) is 92.6 cm³/mol. The number of nitrogens with zero attached hydrogens (tertiary/aromatic N) is 2. The standard InChI is InChI=1S/C17H18F6N4O2/c1-4-12(28)24-15(16(18,19)20,17(21,22)23)25-13-10(2)26(3)27(14(13)29)11-8-6-5-7-9-11/h5-9,25H,4H2,1-3H3,(H,24,28). The van der Waals surface area contributed by atoms with Crippen molar-refractivity contribution in [3.8, 4) is 5.69 Å². The summed E-state index contributed by atoms with van der Waals surface area (Å²) in [5.41, 5.74) is -6.88. The van der Waals surface area contributed by atoms with Gasteiger partial charge < -0.3 is 10.6 Å². The van der Waals surface area contributed by atoms with E-state index in [2.05, 4.69) is 0 Å². The van der Waals surface area contributed by atoms with Gasteiger partial charge in [-0.3, -0.25) is 14.3 Å². The molecule has 1 heterocycles. The van der Waals surface area contributed by atoms with Gasteiger partial charge in [0.1, 0.15) is 5.69 Å². The van der Waals surface area contributed by atoms with Crippen LogP contribution >= 0.6 is 0 Å². The average Bonchev–Trinajstić information content (AvgIpc) is 2.82. The molecule has 1 aromatic heterocycles. The molecule has 1 aromatic carbocycles. The molecule has 1 amide bonds. The number of amides is 1. The van der Waals surface area contributed by atoms with Crippen molar-refractivity contribution in [2.24, 2.45) is 7.05 Å². The number of hydrogen-bond donors (Lipinski definition) is 2. The zero-order chi connectivity index (χ0) is 22.2. The van der Waals surface area contributed by atoms with Gasteiger partial charge in [-0.1, -0.05) is 25.1 Å². The minimum absolute atomic E-state index is 0.192. The Hall–Kier alpha value is -2.92. The summed E-state index contributed by atoms with van der Waals surface area (Å²) >= 11 is 0. The lowest BCUT2D eigenvalue weighted by Gasteiger charge is -2.38. The van der Waals surface area contributed by atoms with Gasteiger partial charge in [-0.25, -0.2) is 4.68 Å². The quantitative estimate of drug-likeness (QED) is 0.572. The van der Waals surface area contributed by atoms with Crippen molar-refractivity contribution in [1.29, 1.82) is 0 Å². The fraction of sp³-hybridized carbons (Fsp3) is 0.412. The first-order valence-corrected chi connectivity index (χ1v) is 8.33. The Morgan fingerprint density at radius 1 is 1.03 bits per heavy atom. The molecule has 0 aliphatic heterocycles. The summed E-state index contributed by atoms with van der Waals surface area (Å²) in [6.07, 6.45) is -12.6. The van der Waals surface area contributed by atoms with Gasteiger partial charge in [0.05, 0.1) is 11.4 Å². The third-order valence-electron chi connectivity index (χ3n) is 4.37. The van der Waals surface area contributed by atoms with Crippen LogP contribution < -0.4 is 16.2 Å². The number of aromatic nitrogens is 2. The van der Waals surface area contributed by atoms with Crippen LogP contribution in [0.1, 0.15) is 19.0 Å². The molecule has 0 saturated carbocycles. The molecule has 0 fully saturated rings. The number of hydrogen-bond acceptors (Lipinski definition) is 3. The number of benzene rings is 1. The fourth-order valence-corrected chi connectivity index (χ4v) is 2.67. The van der Waals surface area contributed by atoms with Crippen LogP contribution in [0.15, 0.2) is 35.1 Å². The number of carbonyl (C=O) groups excluding carboxylic acids is 1. The highest BCUT2D eigenvalue weighted by Crippen LogP contribution is 2.43. The fourth-order valence-electron chi connectivity index (χ4n) is 2.67. The van der Waals surface area contributed by atoms with Crippen molar-refractivity contribution in [3.63, 3.8) is 0 Å². The summed E-state index contributed by atoms with van der Waals surface area (Å²) in [7, 11) is 1.31. The van der Waals surface area contributed by atoms with E-state index < -0.39 is 41.6 Å². The first-order valence-electron chi connectivity index (χ1n) is 8.33. The van der Waals surface area contributed by atoms with Crippen LogP contribution in [0.5, 0.6) is 0 Å². The Balaban J connectivity index is 2.72. The Labute approximate surface area is 161 Å². The highest BCUT2D eigenvalue weighted by Gasteiger charge is 2.73. The largest absolute Gasteiger partial charge is 0.439 e. The summed E-state index contributed by atoms with van der Waals surface area (Å²) in [5.74, 6) is -1.50. The van der Waals surface area contributed by atoms with Crippen LogP contribution in [-0.2, 0) is 11.8 Å². The van der Waals surface area contributed by atoms with E-state index in [1.165, 1.54) is 31.4 Å². The van der Waals surface area contributed by atoms with Gasteiger partial charge in [0.2, 0.25) is 5.91 Å². The van der Waals surface area contributed by atoms with Crippen molar-refractivity contribution in [3.05, 3.63) is 46.4 Å². The molecule has 160 valence electrons. The SMILES string of the molecule is CCC(=O)NC(Nc1c(C)n(C)n(-c2ccccc2)c1=O)(C(F)(F)F)C(F)(F)F. The second kappa shape index (κ2) is 7.48. The molecular formula is C17H18F6N4O2. The number of anilines is 1. The number of nitrogens with one attached hydrogen (secondary N) is 2. The Bertz CT molecular complexity index is 930. The molecule has 0 aliphatic carbocycles. The summed E-state index contributed by atoms with van der Waals surface area (Å²) in [5, 5.41) is 2.24. The third-order valence-corrected chi connectivity index (χ3v) is 4.37. The number of rotatable bonds is 5. The van der Waals surface area contributed by atoms with E-state index in [4.69, 9.17) is 0 Å². The molecule has 0 spiro atoms. The summed E-state index contributed by atoms with van der Waals surface area (Å²) in [4.78, 5) is 24.3. The lowest BCUT2D eigenvalue weighted by Crippen LogP contribution is -2.72. The van der Waals surface area contributed by atoms with Gasteiger partial charge in [0.15, 0.2) is 0 Å². The summed E-state index contributed by atoms with van der Waals surface area (Å²) in [6.45, 7) is 2.28. The molecule has 0 atom stereocenters. The summed E-state index contributed by atoms with van der Waals surface area (Å²) < 4.78 is 83.8. The third kappa shape index (κ3) is 3.83. The van der Waals surface area contributed by atoms with E-state index in [9.17, 15) is 35.9 Å². The van der Waals surface area contributed by atoms with E-state index in [0.29, 0.717) is 0 Å². The maximum atomic E-state index is 13.6. The Morgan fingerprint density at radius 3 is 2.00 bits per heavy atom. The molecule has 0 radical (unpaired) electrons. The average molecular weight is 424 g/mol. The smallest absolute Gasteiger partial charge is 0.342 e. The Morgan fingerprint density at radius 2 is 1.55 bits per heavy atom. The maximum Gasteiger partial charge on any atom is 0.439 e. The van der Waals surface area contributed by atoms with Crippen molar-refractivity contribution < 1.29 is 31.1 Å². The van der Waals surface area contributed by atoms with E-state index >= 15 is 0 Å². The molecule has 29 heavy (non-hydrogen) atoms. The van der Waals surface area contributed by atoms with Crippen molar-refractivity contribution >= 4 is 11.6 Å². The molecule has 6 nitrogen and oxygen atoms in total. The van der Waals surface area contributed by atoms with Gasteiger partial charge in [0.25, 0.3) is 5.56 Å². The number of alkyl halides is 6. The zero-order valence-electron chi connectivity index (χ0n) is 15.6. The first kappa shape index (κ1) is 22.4. The molecule has 0 aliphatic rings. The Kier molecular flexibility index (Phi) is 5.77. The van der Waals surface area contributed by atoms with E-state index in [1.807, 2.05) is 0 Å². The molecule has 2 rings (SSSR count). The predicted octanol–water partition coefficient (Wildman–Crippen LogP) is 3.24. The van der Waals surface area contributed by atoms with Gasteiger partial charge in [-0.05, 0) is 19.1 Å². The lowest BCUT2D eigenvalue weighted by atomic mass is 10.1. The second-order valence-electron chi connectivity index (χ2n) is 6.21. The summed E-state index contributed by atoms with van der Waals surface area (Å²) in [6, 6.07) is 7.65. The molecule has 2 N–H and O–H groups in total. The van der Waals surface area contributed by atoms with Gasteiger partial charge in [0, 0.05) is 13.5 Å². The van der Waals surface area contributed by atoms with Crippen molar-refractivity contribution in [2.75, 3.05) is 5.32 Å². The van der Waals surface area contributed by atoms with Crippen LogP contribution in [0.25, 0.3) is 5.69 Å². The van der Waals surface area contributed by atoms with Crippen molar-refractivity contribution in [1.82, 2.24) is 14.7 Å². The minimum Gasteiger partial charge on any atom is -0.342 e. The highest BCUT2D eigenvalue weighted by atomic mass is 19.4. The van der Waals surface area contributed by atoms with Gasteiger partial charge >= 0.3 is 18.0 Å². The maximum absolute atomic E-state index is 13.6. The van der Waals surface area contributed by atoms with Crippen LogP contribution in [0, 0.1) is 6.92 Å².